The number of ether oxygens (including phenoxy) is 2. The van der Waals surface area contributed by atoms with Crippen molar-refractivity contribution in [2.45, 2.75) is 57.8 Å². The zero-order valence-corrected chi connectivity index (χ0v) is 14.7. The second-order valence-corrected chi connectivity index (χ2v) is 6.28. The predicted octanol–water partition coefficient (Wildman–Crippen LogP) is 3.45. The van der Waals surface area contributed by atoms with E-state index in [4.69, 9.17) is 9.47 Å². The number of unbranched alkanes of at least 4 members (excludes halogenated alkanes) is 3. The van der Waals surface area contributed by atoms with Crippen LogP contribution in [0.4, 0.5) is 4.79 Å². The third-order valence-electron chi connectivity index (χ3n) is 4.36. The van der Waals surface area contributed by atoms with Gasteiger partial charge in [-0.15, -0.1) is 0 Å². The van der Waals surface area contributed by atoms with Gasteiger partial charge in [0.15, 0.2) is 6.04 Å². The number of carbonyl (C=O) groups is 2. The Kier molecular flexibility index (Phi) is 7.73. The van der Waals surface area contributed by atoms with Gasteiger partial charge in [0.25, 0.3) is 0 Å². The summed E-state index contributed by atoms with van der Waals surface area (Å²) < 4.78 is 11.0. The molecule has 0 radical (unpaired) electrons. The number of amides is 1. The van der Waals surface area contributed by atoms with Crippen molar-refractivity contribution in [2.24, 2.45) is 0 Å². The Morgan fingerprint density at radius 3 is 2.64 bits per heavy atom. The smallest absolute Gasteiger partial charge is 0.410 e. The van der Waals surface area contributed by atoms with Crippen LogP contribution >= 0.6 is 0 Å². The molecule has 25 heavy (non-hydrogen) atoms. The molecule has 2 atom stereocenters. The van der Waals surface area contributed by atoms with E-state index < -0.39 is 24.2 Å². The van der Waals surface area contributed by atoms with E-state index in [0.717, 1.165) is 31.2 Å². The highest BCUT2D eigenvalue weighted by atomic mass is 16.6. The van der Waals surface area contributed by atoms with Crippen LogP contribution < -0.4 is 0 Å². The van der Waals surface area contributed by atoms with Crippen LogP contribution in [-0.4, -0.2) is 47.4 Å². The number of rotatable bonds is 9. The molecule has 0 unspecified atom stereocenters. The first-order valence-corrected chi connectivity index (χ1v) is 8.95. The second kappa shape index (κ2) is 10.0. The van der Waals surface area contributed by atoms with Crippen molar-refractivity contribution in [3.63, 3.8) is 0 Å². The molecule has 1 amide bonds. The quantitative estimate of drug-likeness (QED) is 0.691. The summed E-state index contributed by atoms with van der Waals surface area (Å²) in [6.07, 6.45) is 3.72. The molecule has 0 spiro atoms. The van der Waals surface area contributed by atoms with Gasteiger partial charge in [-0.05, 0) is 18.4 Å². The molecule has 1 N–H and O–H groups in total. The molecule has 1 heterocycles. The Hall–Kier alpha value is -2.08. The fraction of sp³-hybridized carbons (Fsp3) is 0.579. The van der Waals surface area contributed by atoms with Crippen LogP contribution in [0.3, 0.4) is 0 Å². The predicted molar refractivity (Wildman–Crippen MR) is 93.3 cm³/mol. The number of carboxylic acids is 1. The van der Waals surface area contributed by atoms with Crippen molar-refractivity contribution in [2.75, 3.05) is 13.2 Å². The lowest BCUT2D eigenvalue weighted by Crippen LogP contribution is -2.46. The zero-order chi connectivity index (χ0) is 18.1. The van der Waals surface area contributed by atoms with Gasteiger partial charge in [0.1, 0.15) is 6.61 Å². The lowest BCUT2D eigenvalue weighted by atomic mass is 10.1. The van der Waals surface area contributed by atoms with Crippen LogP contribution in [0.1, 0.15) is 44.6 Å². The van der Waals surface area contributed by atoms with Crippen LogP contribution in [0.25, 0.3) is 0 Å². The number of nitrogens with zero attached hydrogens (tertiary/aromatic N) is 1. The van der Waals surface area contributed by atoms with Gasteiger partial charge >= 0.3 is 12.1 Å². The Morgan fingerprint density at radius 1 is 1.20 bits per heavy atom. The summed E-state index contributed by atoms with van der Waals surface area (Å²) in [4.78, 5) is 25.2. The molecule has 0 saturated carbocycles. The molecule has 138 valence electrons. The third-order valence-corrected chi connectivity index (χ3v) is 4.36. The van der Waals surface area contributed by atoms with Crippen molar-refractivity contribution in [1.29, 1.82) is 0 Å². The summed E-state index contributed by atoms with van der Waals surface area (Å²) in [5.74, 6) is -1.05. The maximum atomic E-state index is 12.3. The number of aliphatic carboxylic acids is 1. The summed E-state index contributed by atoms with van der Waals surface area (Å²) in [5, 5.41) is 9.50. The molecule has 0 aliphatic carbocycles. The number of hydrogen-bond donors (Lipinski definition) is 1. The van der Waals surface area contributed by atoms with Crippen molar-refractivity contribution in [3.05, 3.63) is 35.9 Å². The minimum absolute atomic E-state index is 0.130. The highest BCUT2D eigenvalue weighted by Gasteiger charge is 2.43. The van der Waals surface area contributed by atoms with Crippen molar-refractivity contribution in [3.8, 4) is 0 Å². The van der Waals surface area contributed by atoms with Gasteiger partial charge in [-0.2, -0.15) is 0 Å². The van der Waals surface area contributed by atoms with E-state index in [1.807, 2.05) is 30.3 Å². The lowest BCUT2D eigenvalue weighted by molar-refractivity contribution is -0.145. The largest absolute Gasteiger partial charge is 0.480 e. The molecular weight excluding hydrogens is 322 g/mol. The summed E-state index contributed by atoms with van der Waals surface area (Å²) in [6, 6.07) is 8.34. The Morgan fingerprint density at radius 2 is 1.96 bits per heavy atom. The van der Waals surface area contributed by atoms with Gasteiger partial charge in [0.2, 0.25) is 0 Å². The van der Waals surface area contributed by atoms with E-state index >= 15 is 0 Å². The number of carbonyl (C=O) groups excluding carboxylic acids is 1. The first-order chi connectivity index (χ1) is 12.1. The third kappa shape index (κ3) is 5.74. The minimum Gasteiger partial charge on any atom is -0.480 e. The molecule has 6 heteroatoms. The van der Waals surface area contributed by atoms with E-state index in [1.54, 1.807) is 0 Å². The lowest BCUT2D eigenvalue weighted by Gasteiger charge is -2.24. The maximum absolute atomic E-state index is 12.3. The van der Waals surface area contributed by atoms with Crippen molar-refractivity contribution < 1.29 is 24.2 Å². The molecule has 0 bridgehead atoms. The van der Waals surface area contributed by atoms with Crippen LogP contribution in [0, 0.1) is 0 Å². The summed E-state index contributed by atoms with van der Waals surface area (Å²) >= 11 is 0. The average Bonchev–Trinajstić information content (AvgIpc) is 3.04. The highest BCUT2D eigenvalue weighted by Crippen LogP contribution is 2.23. The van der Waals surface area contributed by atoms with Crippen molar-refractivity contribution in [1.82, 2.24) is 4.90 Å². The molecule has 6 nitrogen and oxygen atoms in total. The fourth-order valence-corrected chi connectivity index (χ4v) is 3.00. The maximum Gasteiger partial charge on any atom is 0.410 e. The molecule has 1 aliphatic rings. The summed E-state index contributed by atoms with van der Waals surface area (Å²) in [7, 11) is 0. The normalized spacial score (nSPS) is 19.8. The standard InChI is InChI=1S/C19H27NO5/c1-2-3-4-8-13-24-16-11-12-20(17(16)18(21)22)19(23)25-14-15-9-6-5-7-10-15/h5-7,9-10,16-17H,2-4,8,11-14H2,1H3,(H,21,22)/t16-,17-/m0/s1. The van der Waals surface area contributed by atoms with Gasteiger partial charge in [-0.1, -0.05) is 56.5 Å². The SMILES string of the molecule is CCCCCCO[C@H]1CCN(C(=O)OCc2ccccc2)[C@@H]1C(=O)O. The van der Waals surface area contributed by atoms with Gasteiger partial charge in [-0.3, -0.25) is 4.90 Å². The molecule has 1 aromatic carbocycles. The minimum atomic E-state index is -1.05. The first kappa shape index (κ1) is 19.2. The molecule has 1 saturated heterocycles. The van der Waals surface area contributed by atoms with Gasteiger partial charge in [0.05, 0.1) is 6.10 Å². The molecule has 1 aliphatic heterocycles. The average molecular weight is 349 g/mol. The number of benzene rings is 1. The van der Waals surface area contributed by atoms with E-state index in [2.05, 4.69) is 6.92 Å². The van der Waals surface area contributed by atoms with E-state index in [9.17, 15) is 14.7 Å². The van der Waals surface area contributed by atoms with E-state index in [0.29, 0.717) is 19.6 Å². The van der Waals surface area contributed by atoms with Crippen LogP contribution in [0.5, 0.6) is 0 Å². The summed E-state index contributed by atoms with van der Waals surface area (Å²) in [5.41, 5.74) is 0.866. The number of likely N-dealkylation sites (tertiary alicyclic amines) is 1. The molecule has 1 fully saturated rings. The topological polar surface area (TPSA) is 76.1 Å². The Bertz CT molecular complexity index is 548. The van der Waals surface area contributed by atoms with Gasteiger partial charge < -0.3 is 14.6 Å². The molecule has 2 rings (SSSR count). The van der Waals surface area contributed by atoms with Crippen LogP contribution in [0.2, 0.25) is 0 Å². The molecule has 1 aromatic rings. The van der Waals surface area contributed by atoms with Gasteiger partial charge in [-0.25, -0.2) is 9.59 Å². The number of hydrogen-bond acceptors (Lipinski definition) is 4. The summed E-state index contributed by atoms with van der Waals surface area (Å²) in [6.45, 7) is 3.13. The first-order valence-electron chi connectivity index (χ1n) is 8.95. The number of carboxylic acid groups (broad SMARTS) is 1. The zero-order valence-electron chi connectivity index (χ0n) is 14.7. The fourth-order valence-electron chi connectivity index (χ4n) is 3.00. The van der Waals surface area contributed by atoms with Crippen LogP contribution in [0.15, 0.2) is 30.3 Å². The Labute approximate surface area is 148 Å². The van der Waals surface area contributed by atoms with E-state index in [1.165, 1.54) is 4.90 Å². The molecule has 0 aromatic heterocycles. The van der Waals surface area contributed by atoms with Gasteiger partial charge in [0, 0.05) is 13.2 Å². The van der Waals surface area contributed by atoms with E-state index in [-0.39, 0.29) is 6.61 Å². The second-order valence-electron chi connectivity index (χ2n) is 6.28. The monoisotopic (exact) mass is 349 g/mol. The Balaban J connectivity index is 1.84. The highest BCUT2D eigenvalue weighted by molar-refractivity contribution is 5.81. The molecular formula is C19H27NO5. The van der Waals surface area contributed by atoms with Crippen molar-refractivity contribution >= 4 is 12.1 Å². The van der Waals surface area contributed by atoms with Crippen LogP contribution in [-0.2, 0) is 20.9 Å².